The predicted molar refractivity (Wildman–Crippen MR) is 75.9 cm³/mol. The number of benzene rings is 1. The number of amides is 1. The number of hydrogen-bond acceptors (Lipinski definition) is 2. The van der Waals surface area contributed by atoms with Gasteiger partial charge in [0.25, 0.3) is 0 Å². The van der Waals surface area contributed by atoms with Gasteiger partial charge in [0.2, 0.25) is 5.91 Å². The van der Waals surface area contributed by atoms with Gasteiger partial charge in [-0.3, -0.25) is 4.79 Å². The van der Waals surface area contributed by atoms with Crippen molar-refractivity contribution in [3.63, 3.8) is 0 Å². The molecule has 0 spiro atoms. The molecule has 1 aromatic rings. The number of nitrogens with zero attached hydrogens (tertiary/aromatic N) is 1. The molecule has 0 radical (unpaired) electrons. The topological polar surface area (TPSA) is 32.3 Å². The monoisotopic (exact) mass is 276 g/mol. The number of aryl methyl sites for hydroxylation is 1. The molecule has 3 rings (SSSR count). The van der Waals surface area contributed by atoms with Crippen LogP contribution in [-0.2, 0) is 11.2 Å². The zero-order chi connectivity index (χ0) is 13.9. The fourth-order valence-corrected chi connectivity index (χ4v) is 3.23. The lowest BCUT2D eigenvalue weighted by Gasteiger charge is -2.24. The summed E-state index contributed by atoms with van der Waals surface area (Å²) in [4.78, 5) is 14.3. The second-order valence-electron chi connectivity index (χ2n) is 5.89. The maximum absolute atomic E-state index is 12.8. The van der Waals surface area contributed by atoms with Crippen LogP contribution in [0, 0.1) is 5.82 Å². The van der Waals surface area contributed by atoms with E-state index in [2.05, 4.69) is 5.32 Å². The van der Waals surface area contributed by atoms with Crippen LogP contribution in [0.2, 0.25) is 0 Å². The Hall–Kier alpha value is -1.42. The number of fused-ring (bicyclic) bond motifs is 2. The summed E-state index contributed by atoms with van der Waals surface area (Å²) >= 11 is 0. The molecule has 2 fully saturated rings. The van der Waals surface area contributed by atoms with Crippen molar-refractivity contribution in [1.82, 2.24) is 10.2 Å². The van der Waals surface area contributed by atoms with E-state index in [0.29, 0.717) is 24.9 Å². The number of carbonyl (C=O) groups is 1. The normalized spacial score (nSPS) is 25.6. The Balaban J connectivity index is 1.52. The third kappa shape index (κ3) is 3.18. The van der Waals surface area contributed by atoms with Crippen molar-refractivity contribution >= 4 is 5.91 Å². The third-order valence-corrected chi connectivity index (χ3v) is 4.42. The average Bonchev–Trinajstić information content (AvgIpc) is 2.77. The Bertz CT molecular complexity index is 474. The summed E-state index contributed by atoms with van der Waals surface area (Å²) in [7, 11) is 0. The SMILES string of the molecule is O=C(CCc1ccc(F)cc1)N1CCC2CCC(C1)N2. The lowest BCUT2D eigenvalue weighted by atomic mass is 10.1. The van der Waals surface area contributed by atoms with E-state index in [1.54, 1.807) is 12.1 Å². The van der Waals surface area contributed by atoms with Gasteiger partial charge in [0.1, 0.15) is 5.82 Å². The van der Waals surface area contributed by atoms with Gasteiger partial charge in [0.05, 0.1) is 0 Å². The van der Waals surface area contributed by atoms with Crippen LogP contribution in [0.1, 0.15) is 31.2 Å². The number of carbonyl (C=O) groups excluding carboxylic acids is 1. The summed E-state index contributed by atoms with van der Waals surface area (Å²) in [6.07, 6.45) is 4.72. The molecule has 1 aromatic carbocycles. The maximum Gasteiger partial charge on any atom is 0.222 e. The highest BCUT2D eigenvalue weighted by atomic mass is 19.1. The molecular weight excluding hydrogens is 255 g/mol. The van der Waals surface area contributed by atoms with E-state index in [1.165, 1.54) is 25.0 Å². The van der Waals surface area contributed by atoms with Crippen molar-refractivity contribution in [2.45, 2.75) is 44.2 Å². The summed E-state index contributed by atoms with van der Waals surface area (Å²) in [5.74, 6) is -0.00151. The van der Waals surface area contributed by atoms with Gasteiger partial charge in [-0.05, 0) is 43.4 Å². The van der Waals surface area contributed by atoms with E-state index in [1.807, 2.05) is 4.90 Å². The summed E-state index contributed by atoms with van der Waals surface area (Å²) < 4.78 is 12.8. The van der Waals surface area contributed by atoms with Crippen LogP contribution in [0.4, 0.5) is 4.39 Å². The molecule has 2 saturated heterocycles. The number of likely N-dealkylation sites (tertiary alicyclic amines) is 1. The minimum atomic E-state index is -0.227. The molecule has 2 bridgehead atoms. The Kier molecular flexibility index (Phi) is 4.01. The van der Waals surface area contributed by atoms with Crippen molar-refractivity contribution in [3.05, 3.63) is 35.6 Å². The zero-order valence-electron chi connectivity index (χ0n) is 11.6. The van der Waals surface area contributed by atoms with Crippen LogP contribution in [0.15, 0.2) is 24.3 Å². The van der Waals surface area contributed by atoms with Crippen LogP contribution >= 0.6 is 0 Å². The number of hydrogen-bond donors (Lipinski definition) is 1. The van der Waals surface area contributed by atoms with Gasteiger partial charge in [-0.1, -0.05) is 12.1 Å². The summed E-state index contributed by atoms with van der Waals surface area (Å²) in [6.45, 7) is 1.72. The van der Waals surface area contributed by atoms with Gasteiger partial charge >= 0.3 is 0 Å². The maximum atomic E-state index is 12.8. The van der Waals surface area contributed by atoms with Gasteiger partial charge in [-0.25, -0.2) is 4.39 Å². The Morgan fingerprint density at radius 3 is 2.75 bits per heavy atom. The third-order valence-electron chi connectivity index (χ3n) is 4.42. The van der Waals surface area contributed by atoms with Gasteiger partial charge in [0, 0.05) is 31.6 Å². The molecule has 108 valence electrons. The quantitative estimate of drug-likeness (QED) is 0.917. The molecule has 0 aliphatic carbocycles. The van der Waals surface area contributed by atoms with E-state index in [-0.39, 0.29) is 11.7 Å². The molecule has 1 amide bonds. The highest BCUT2D eigenvalue weighted by Crippen LogP contribution is 2.21. The van der Waals surface area contributed by atoms with E-state index >= 15 is 0 Å². The predicted octanol–water partition coefficient (Wildman–Crippen LogP) is 2.11. The molecule has 4 heteroatoms. The minimum absolute atomic E-state index is 0.226. The molecule has 0 saturated carbocycles. The standard InChI is InChI=1S/C16H21FN2O/c17-13-4-1-12(2-5-13)3-8-16(20)19-10-9-14-6-7-15(11-19)18-14/h1-2,4-5,14-15,18H,3,6-11H2. The molecule has 0 aromatic heterocycles. The molecule has 2 aliphatic rings. The van der Waals surface area contributed by atoms with E-state index in [9.17, 15) is 9.18 Å². The van der Waals surface area contributed by atoms with Crippen LogP contribution in [0.3, 0.4) is 0 Å². The smallest absolute Gasteiger partial charge is 0.222 e. The Labute approximate surface area is 119 Å². The number of nitrogens with one attached hydrogen (secondary N) is 1. The summed E-state index contributed by atoms with van der Waals surface area (Å²) in [5, 5.41) is 3.58. The fraction of sp³-hybridized carbons (Fsp3) is 0.562. The second-order valence-corrected chi connectivity index (χ2v) is 5.89. The molecule has 2 unspecified atom stereocenters. The average molecular weight is 276 g/mol. The van der Waals surface area contributed by atoms with E-state index in [4.69, 9.17) is 0 Å². The van der Waals surface area contributed by atoms with E-state index in [0.717, 1.165) is 25.1 Å². The van der Waals surface area contributed by atoms with Crippen molar-refractivity contribution < 1.29 is 9.18 Å². The molecule has 20 heavy (non-hydrogen) atoms. The first-order chi connectivity index (χ1) is 9.70. The van der Waals surface area contributed by atoms with Gasteiger partial charge in [-0.2, -0.15) is 0 Å². The molecule has 2 heterocycles. The lowest BCUT2D eigenvalue weighted by molar-refractivity contribution is -0.131. The van der Waals surface area contributed by atoms with Crippen molar-refractivity contribution in [1.29, 1.82) is 0 Å². The molecule has 2 aliphatic heterocycles. The summed E-state index contributed by atoms with van der Waals surface area (Å²) in [5.41, 5.74) is 1.02. The highest BCUT2D eigenvalue weighted by molar-refractivity contribution is 5.76. The first-order valence-electron chi connectivity index (χ1n) is 7.49. The van der Waals surface area contributed by atoms with Crippen molar-refractivity contribution in [2.75, 3.05) is 13.1 Å². The molecule has 3 nitrogen and oxygen atoms in total. The van der Waals surface area contributed by atoms with E-state index < -0.39 is 0 Å². The second kappa shape index (κ2) is 5.92. The van der Waals surface area contributed by atoms with Gasteiger partial charge < -0.3 is 10.2 Å². The van der Waals surface area contributed by atoms with Crippen LogP contribution in [0.5, 0.6) is 0 Å². The first kappa shape index (κ1) is 13.6. The zero-order valence-corrected chi connectivity index (χ0v) is 11.6. The first-order valence-corrected chi connectivity index (χ1v) is 7.49. The Morgan fingerprint density at radius 2 is 1.95 bits per heavy atom. The molecular formula is C16H21FN2O. The highest BCUT2D eigenvalue weighted by Gasteiger charge is 2.30. The lowest BCUT2D eigenvalue weighted by Crippen LogP contribution is -2.39. The van der Waals surface area contributed by atoms with Crippen LogP contribution in [-0.4, -0.2) is 36.0 Å². The van der Waals surface area contributed by atoms with Gasteiger partial charge in [0.15, 0.2) is 0 Å². The van der Waals surface area contributed by atoms with Crippen LogP contribution in [0.25, 0.3) is 0 Å². The minimum Gasteiger partial charge on any atom is -0.341 e. The largest absolute Gasteiger partial charge is 0.341 e. The Morgan fingerprint density at radius 1 is 1.20 bits per heavy atom. The molecule has 2 atom stereocenters. The van der Waals surface area contributed by atoms with Crippen molar-refractivity contribution in [3.8, 4) is 0 Å². The number of rotatable bonds is 3. The molecule has 1 N–H and O–H groups in total. The van der Waals surface area contributed by atoms with Gasteiger partial charge in [-0.15, -0.1) is 0 Å². The fourth-order valence-electron chi connectivity index (χ4n) is 3.23. The van der Waals surface area contributed by atoms with Crippen molar-refractivity contribution in [2.24, 2.45) is 0 Å². The summed E-state index contributed by atoms with van der Waals surface area (Å²) in [6, 6.07) is 7.51. The van der Waals surface area contributed by atoms with Crippen LogP contribution < -0.4 is 5.32 Å². The number of halogens is 1.